The van der Waals surface area contributed by atoms with Gasteiger partial charge in [-0.1, -0.05) is 31.4 Å². The van der Waals surface area contributed by atoms with Gasteiger partial charge in [-0.15, -0.1) is 0 Å². The van der Waals surface area contributed by atoms with Gasteiger partial charge in [-0.3, -0.25) is 9.59 Å². The molecule has 12 nitrogen and oxygen atoms in total. The Hall–Kier alpha value is -3.66. The van der Waals surface area contributed by atoms with Crippen LogP contribution in [0.2, 0.25) is 0 Å². The quantitative estimate of drug-likeness (QED) is 0.209. The number of hydrogen-bond acceptors (Lipinski definition) is 7. The van der Waals surface area contributed by atoms with Crippen LogP contribution < -0.4 is 20.1 Å². The van der Waals surface area contributed by atoms with Crippen molar-refractivity contribution in [1.29, 1.82) is 0 Å². The number of hydrogen-bond donors (Lipinski definition) is 2. The first-order valence-electron chi connectivity index (χ1n) is 12.9. The highest BCUT2D eigenvalue weighted by Gasteiger charge is 2.42. The molecule has 0 fully saturated rings. The molecule has 0 aliphatic carbocycles. The lowest BCUT2D eigenvalue weighted by Crippen LogP contribution is -2.62. The first kappa shape index (κ1) is 33.4. The minimum atomic E-state index is -1.36. The van der Waals surface area contributed by atoms with Gasteiger partial charge in [0.1, 0.15) is 17.2 Å². The van der Waals surface area contributed by atoms with Gasteiger partial charge in [-0.05, 0) is 70.7 Å². The maximum absolute atomic E-state index is 14.2. The van der Waals surface area contributed by atoms with E-state index in [2.05, 4.69) is 20.7 Å². The summed E-state index contributed by atoms with van der Waals surface area (Å²) in [6.45, 7) is 14.0. The van der Waals surface area contributed by atoms with Crippen molar-refractivity contribution >= 4 is 17.9 Å². The summed E-state index contributed by atoms with van der Waals surface area (Å²) in [5, 5.41) is 9.06. The van der Waals surface area contributed by atoms with Gasteiger partial charge in [0.15, 0.2) is 11.5 Å². The summed E-state index contributed by atoms with van der Waals surface area (Å²) in [6.07, 6.45) is -0.135. The second kappa shape index (κ2) is 14.5. The van der Waals surface area contributed by atoms with E-state index in [9.17, 15) is 14.4 Å². The van der Waals surface area contributed by atoms with Gasteiger partial charge in [-0.2, -0.15) is 0 Å². The first-order chi connectivity index (χ1) is 18.1. The number of rotatable bonds is 13. The molecule has 3 atom stereocenters. The Labute approximate surface area is 231 Å². The van der Waals surface area contributed by atoms with E-state index < -0.39 is 41.1 Å². The molecular formula is C27H44N6O6. The summed E-state index contributed by atoms with van der Waals surface area (Å²) in [6, 6.07) is 3.81. The van der Waals surface area contributed by atoms with Crippen LogP contribution in [0, 0.1) is 5.92 Å². The highest BCUT2D eigenvalue weighted by atomic mass is 16.6. The van der Waals surface area contributed by atoms with Crippen LogP contribution in [0.25, 0.3) is 10.4 Å². The molecule has 1 rings (SSSR count). The van der Waals surface area contributed by atoms with Gasteiger partial charge in [-0.25, -0.2) is 4.79 Å². The molecule has 218 valence electrons. The van der Waals surface area contributed by atoms with Crippen LogP contribution in [0.15, 0.2) is 23.3 Å². The molecule has 0 saturated heterocycles. The number of alkyl carbamates (subject to hydrolysis) is 1. The van der Waals surface area contributed by atoms with E-state index in [0.717, 1.165) is 0 Å². The molecule has 2 N–H and O–H groups in total. The lowest BCUT2D eigenvalue weighted by atomic mass is 9.93. The van der Waals surface area contributed by atoms with E-state index >= 15 is 0 Å². The average Bonchev–Trinajstić information content (AvgIpc) is 2.86. The van der Waals surface area contributed by atoms with Crippen molar-refractivity contribution < 1.29 is 28.6 Å². The third-order valence-corrected chi connectivity index (χ3v) is 6.23. The lowest BCUT2D eigenvalue weighted by molar-refractivity contribution is -0.149. The minimum absolute atomic E-state index is 0.0350. The van der Waals surface area contributed by atoms with Crippen molar-refractivity contribution in [3.8, 4) is 11.5 Å². The molecule has 12 heteroatoms. The fourth-order valence-corrected chi connectivity index (χ4v) is 3.73. The Morgan fingerprint density at radius 1 is 1.05 bits per heavy atom. The zero-order chi connectivity index (χ0) is 30.0. The number of nitrogens with one attached hydrogen (secondary N) is 2. The van der Waals surface area contributed by atoms with Crippen LogP contribution in [-0.4, -0.2) is 66.8 Å². The third kappa shape index (κ3) is 9.86. The molecule has 1 unspecified atom stereocenters. The second-order valence-electron chi connectivity index (χ2n) is 11.0. The number of amides is 3. The summed E-state index contributed by atoms with van der Waals surface area (Å²) in [4.78, 5) is 44.5. The molecule has 0 saturated carbocycles. The Balaban J connectivity index is 3.53. The molecule has 1 aromatic rings. The topological polar surface area (TPSA) is 155 Å². The summed E-state index contributed by atoms with van der Waals surface area (Å²) in [5.74, 6) is -0.171. The van der Waals surface area contributed by atoms with Gasteiger partial charge in [0.2, 0.25) is 11.8 Å². The zero-order valence-corrected chi connectivity index (χ0v) is 24.8. The summed E-state index contributed by atoms with van der Waals surface area (Å²) >= 11 is 0. The van der Waals surface area contributed by atoms with Crippen LogP contribution in [0.5, 0.6) is 11.5 Å². The maximum Gasteiger partial charge on any atom is 0.408 e. The molecule has 1 aromatic carbocycles. The van der Waals surface area contributed by atoms with Gasteiger partial charge in [0.05, 0.1) is 14.2 Å². The molecule has 0 aliphatic heterocycles. The number of azide groups is 1. The van der Waals surface area contributed by atoms with Crippen LogP contribution in [0.1, 0.15) is 67.4 Å². The predicted molar refractivity (Wildman–Crippen MR) is 148 cm³/mol. The van der Waals surface area contributed by atoms with Crippen molar-refractivity contribution in [2.24, 2.45) is 11.0 Å². The lowest BCUT2D eigenvalue weighted by Gasteiger charge is -2.41. The first-order valence-corrected chi connectivity index (χ1v) is 12.9. The molecule has 0 heterocycles. The number of methoxy groups -OCH3 is 2. The molecule has 0 spiro atoms. The van der Waals surface area contributed by atoms with Crippen molar-refractivity contribution in [2.75, 3.05) is 20.8 Å². The fourth-order valence-electron chi connectivity index (χ4n) is 3.73. The number of carbonyl (C=O) groups excluding carboxylic acids is 3. The van der Waals surface area contributed by atoms with Crippen molar-refractivity contribution in [1.82, 2.24) is 15.5 Å². The normalized spacial score (nSPS) is 13.7. The summed E-state index contributed by atoms with van der Waals surface area (Å²) in [7, 11) is 3.04. The molecule has 39 heavy (non-hydrogen) atoms. The maximum atomic E-state index is 14.2. The Morgan fingerprint density at radius 3 is 2.18 bits per heavy atom. The van der Waals surface area contributed by atoms with E-state index in [1.807, 2.05) is 13.8 Å². The van der Waals surface area contributed by atoms with Crippen LogP contribution >= 0.6 is 0 Å². The third-order valence-electron chi connectivity index (χ3n) is 6.23. The average molecular weight is 549 g/mol. The molecule has 0 aliphatic rings. The number of nitrogens with zero attached hydrogens (tertiary/aromatic N) is 4. The fraction of sp³-hybridized carbons (Fsp3) is 0.667. The van der Waals surface area contributed by atoms with Crippen molar-refractivity contribution in [3.63, 3.8) is 0 Å². The Kier molecular flexibility index (Phi) is 12.4. The van der Waals surface area contributed by atoms with Gasteiger partial charge >= 0.3 is 6.09 Å². The molecular weight excluding hydrogens is 504 g/mol. The standard InChI is InChI=1S/C27H44N6O6/c1-11-17(2)22(31-25(36)39-26(4,5)6)23(34)33(16-19-12-13-20(37-9)21(14-19)38-10)27(7,8)24(35)30-18(3)15-29-32-28/h12-14,17-18,22H,11,15-16H2,1-10H3,(H,30,35)(H,31,36)/t17?,18-,22-/m0/s1. The highest BCUT2D eigenvalue weighted by Crippen LogP contribution is 2.30. The number of benzene rings is 1. The van der Waals surface area contributed by atoms with Crippen molar-refractivity contribution in [3.05, 3.63) is 34.2 Å². The molecule has 0 radical (unpaired) electrons. The van der Waals surface area contributed by atoms with E-state index in [1.165, 1.54) is 19.1 Å². The summed E-state index contributed by atoms with van der Waals surface area (Å²) < 4.78 is 16.2. The molecule has 0 aromatic heterocycles. The van der Waals surface area contributed by atoms with Crippen LogP contribution in [0.4, 0.5) is 4.79 Å². The van der Waals surface area contributed by atoms with Crippen molar-refractivity contribution in [2.45, 2.75) is 91.6 Å². The van der Waals surface area contributed by atoms with E-state index in [0.29, 0.717) is 23.5 Å². The smallest absolute Gasteiger partial charge is 0.408 e. The molecule has 3 amide bonds. The highest BCUT2D eigenvalue weighted by molar-refractivity contribution is 5.94. The van der Waals surface area contributed by atoms with Gasteiger partial charge in [0, 0.05) is 24.0 Å². The second-order valence-corrected chi connectivity index (χ2v) is 11.0. The van der Waals surface area contributed by atoms with Gasteiger partial charge < -0.3 is 29.7 Å². The van der Waals surface area contributed by atoms with Crippen LogP contribution in [0.3, 0.4) is 0 Å². The monoisotopic (exact) mass is 548 g/mol. The molecule has 0 bridgehead atoms. The van der Waals surface area contributed by atoms with E-state index in [4.69, 9.17) is 19.7 Å². The van der Waals surface area contributed by atoms with E-state index in [1.54, 1.807) is 59.7 Å². The summed E-state index contributed by atoms with van der Waals surface area (Å²) in [5.41, 5.74) is 7.19. The number of carbonyl (C=O) groups is 3. The van der Waals surface area contributed by atoms with E-state index in [-0.39, 0.29) is 19.0 Å². The predicted octanol–water partition coefficient (Wildman–Crippen LogP) is 4.57. The number of ether oxygens (including phenoxy) is 3. The SMILES string of the molecule is CCC(C)[C@H](NC(=O)OC(C)(C)C)C(=O)N(Cc1ccc(OC)c(OC)c1)C(C)(C)C(=O)N[C@@H](C)CN=[N+]=[N-]. The Morgan fingerprint density at radius 2 is 1.67 bits per heavy atom. The van der Waals surface area contributed by atoms with Gasteiger partial charge in [0.25, 0.3) is 0 Å². The largest absolute Gasteiger partial charge is 0.493 e. The minimum Gasteiger partial charge on any atom is -0.493 e. The Bertz CT molecular complexity index is 1050. The zero-order valence-electron chi connectivity index (χ0n) is 24.8. The van der Waals surface area contributed by atoms with Crippen LogP contribution in [-0.2, 0) is 20.9 Å².